The van der Waals surface area contributed by atoms with Crippen LogP contribution in [-0.4, -0.2) is 5.97 Å². The molecule has 0 N–H and O–H groups in total. The molecule has 3 heteroatoms. The first kappa shape index (κ1) is 6.39. The minimum absolute atomic E-state index is 0.0532. The number of hydrogen-bond acceptors (Lipinski definition) is 1. The normalized spacial score (nSPS) is 27.2. The van der Waals surface area contributed by atoms with Crippen LogP contribution in [0.15, 0.2) is 17.0 Å². The van der Waals surface area contributed by atoms with Crippen molar-refractivity contribution in [2.75, 3.05) is 0 Å². The lowest BCUT2D eigenvalue weighted by Crippen LogP contribution is -2.03. The zero-order valence-electron chi connectivity index (χ0n) is 5.06. The molecule has 0 spiro atoms. The van der Waals surface area contributed by atoms with E-state index in [0.29, 0.717) is 0 Å². The summed E-state index contributed by atoms with van der Waals surface area (Å²) in [6.45, 7) is 1.74. The molecule has 50 valence electrons. The summed E-state index contributed by atoms with van der Waals surface area (Å²) in [4.78, 5) is 2.98. The van der Waals surface area contributed by atoms with E-state index < -0.39 is 11.9 Å². The van der Waals surface area contributed by atoms with Gasteiger partial charge in [0.25, 0.3) is 0 Å². The van der Waals surface area contributed by atoms with E-state index in [0.717, 1.165) is 0 Å². The molecule has 0 aromatic heterocycles. The summed E-state index contributed by atoms with van der Waals surface area (Å²) in [7, 11) is 0. The Bertz CT molecular complexity index is 172. The minimum Gasteiger partial charge on any atom is -0.195 e. The number of rotatable bonds is 0. The van der Waals surface area contributed by atoms with E-state index in [4.69, 9.17) is 0 Å². The quantitative estimate of drug-likeness (QED) is 0.447. The number of halogens is 2. The average molecular weight is 131 g/mol. The lowest BCUT2D eigenvalue weighted by atomic mass is 10.1. The first-order chi connectivity index (χ1) is 4.18. The van der Waals surface area contributed by atoms with E-state index in [1.54, 1.807) is 6.92 Å². The van der Waals surface area contributed by atoms with Crippen LogP contribution in [0.25, 0.3) is 0 Å². The van der Waals surface area contributed by atoms with Crippen LogP contribution < -0.4 is 0 Å². The first-order valence-electron chi connectivity index (χ1n) is 2.79. The molecule has 0 radical (unpaired) electrons. The van der Waals surface area contributed by atoms with Gasteiger partial charge in [-0.15, -0.1) is 0 Å². The summed E-state index contributed by atoms with van der Waals surface area (Å²) in [6.07, 6.45) is 1.54. The van der Waals surface area contributed by atoms with Crippen molar-refractivity contribution in [1.82, 2.24) is 0 Å². The van der Waals surface area contributed by atoms with Gasteiger partial charge in [0.15, 0.2) is 5.97 Å². The predicted molar refractivity (Wildman–Crippen MR) is 31.5 cm³/mol. The monoisotopic (exact) mass is 131 g/mol. The van der Waals surface area contributed by atoms with Gasteiger partial charge in [-0.1, -0.05) is 6.92 Å². The average Bonchev–Trinajstić information content (AvgIpc) is 1.59. The molecule has 0 aromatic rings. The number of aliphatic imine (C=N–C) groups is 1. The summed E-state index contributed by atoms with van der Waals surface area (Å²) in [5.74, 6) is -1.36. The smallest absolute Gasteiger partial charge is 0.195 e. The third-order valence-corrected chi connectivity index (χ3v) is 1.14. The fourth-order valence-corrected chi connectivity index (χ4v) is 0.758. The Hall–Kier alpha value is -0.730. The summed E-state index contributed by atoms with van der Waals surface area (Å²) in [6, 6.07) is 0. The van der Waals surface area contributed by atoms with Gasteiger partial charge in [0.2, 0.25) is 5.95 Å². The third-order valence-electron chi connectivity index (χ3n) is 1.14. The zero-order chi connectivity index (χ0) is 6.85. The molecule has 0 fully saturated rings. The molecule has 0 aromatic carbocycles. The SMILES string of the molecule is CC1C=C(F)N=C(F)C1. The van der Waals surface area contributed by atoms with Crippen molar-refractivity contribution in [3.63, 3.8) is 0 Å². The number of hydrogen-bond donors (Lipinski definition) is 0. The molecular weight excluding hydrogens is 124 g/mol. The van der Waals surface area contributed by atoms with Crippen LogP contribution in [0.3, 0.4) is 0 Å². The molecule has 1 nitrogen and oxygen atoms in total. The first-order valence-corrected chi connectivity index (χ1v) is 2.79. The van der Waals surface area contributed by atoms with Gasteiger partial charge in [0.05, 0.1) is 0 Å². The van der Waals surface area contributed by atoms with Gasteiger partial charge in [0, 0.05) is 6.42 Å². The highest BCUT2D eigenvalue weighted by Gasteiger charge is 2.11. The highest BCUT2D eigenvalue weighted by molar-refractivity contribution is 5.77. The maximum absolute atomic E-state index is 12.2. The number of nitrogens with zero attached hydrogens (tertiary/aromatic N) is 1. The lowest BCUT2D eigenvalue weighted by molar-refractivity contribution is 0.563. The molecule has 0 saturated carbocycles. The largest absolute Gasteiger partial charge is 0.211 e. The fourth-order valence-electron chi connectivity index (χ4n) is 0.758. The van der Waals surface area contributed by atoms with E-state index in [-0.39, 0.29) is 12.3 Å². The van der Waals surface area contributed by atoms with Gasteiger partial charge in [-0.3, -0.25) is 0 Å². The van der Waals surface area contributed by atoms with Crippen LogP contribution in [0.2, 0.25) is 0 Å². The Morgan fingerprint density at radius 3 is 2.78 bits per heavy atom. The number of allylic oxidation sites excluding steroid dienone is 1. The predicted octanol–water partition coefficient (Wildman–Crippen LogP) is 2.21. The standard InChI is InChI=1S/C6H7F2N/c1-4-2-5(7)9-6(8)3-4/h2,4H,3H2,1H3. The summed E-state index contributed by atoms with van der Waals surface area (Å²) in [5, 5.41) is 0. The van der Waals surface area contributed by atoms with Gasteiger partial charge < -0.3 is 0 Å². The zero-order valence-corrected chi connectivity index (χ0v) is 5.06. The topological polar surface area (TPSA) is 12.4 Å². The van der Waals surface area contributed by atoms with Crippen molar-refractivity contribution in [3.05, 3.63) is 12.0 Å². The van der Waals surface area contributed by atoms with Crippen molar-refractivity contribution in [1.29, 1.82) is 0 Å². The maximum atomic E-state index is 12.2. The van der Waals surface area contributed by atoms with E-state index in [2.05, 4.69) is 4.99 Å². The molecule has 1 aliphatic heterocycles. The van der Waals surface area contributed by atoms with Crippen LogP contribution in [0.1, 0.15) is 13.3 Å². The Morgan fingerprint density at radius 1 is 1.67 bits per heavy atom. The second-order valence-electron chi connectivity index (χ2n) is 2.16. The Labute approximate surface area is 52.1 Å². The molecule has 1 heterocycles. The van der Waals surface area contributed by atoms with Crippen molar-refractivity contribution in [3.8, 4) is 0 Å². The molecule has 0 amide bonds. The second-order valence-corrected chi connectivity index (χ2v) is 2.16. The van der Waals surface area contributed by atoms with Crippen molar-refractivity contribution < 1.29 is 8.78 Å². The van der Waals surface area contributed by atoms with Gasteiger partial charge in [-0.2, -0.15) is 13.8 Å². The molecular formula is C6H7F2N. The second kappa shape index (κ2) is 2.25. The summed E-state index contributed by atoms with van der Waals surface area (Å²) >= 11 is 0. The summed E-state index contributed by atoms with van der Waals surface area (Å²) in [5.41, 5.74) is 0. The van der Waals surface area contributed by atoms with Crippen LogP contribution in [0, 0.1) is 5.92 Å². The maximum Gasteiger partial charge on any atom is 0.211 e. The molecule has 0 aliphatic carbocycles. The lowest BCUT2D eigenvalue weighted by Gasteiger charge is -2.06. The highest BCUT2D eigenvalue weighted by atomic mass is 19.1. The van der Waals surface area contributed by atoms with E-state index >= 15 is 0 Å². The van der Waals surface area contributed by atoms with E-state index in [1.807, 2.05) is 0 Å². The molecule has 1 aliphatic rings. The molecule has 0 saturated heterocycles. The fraction of sp³-hybridized carbons (Fsp3) is 0.500. The minimum atomic E-state index is -0.703. The molecule has 9 heavy (non-hydrogen) atoms. The molecule has 1 atom stereocenters. The molecule has 1 rings (SSSR count). The Morgan fingerprint density at radius 2 is 2.33 bits per heavy atom. The van der Waals surface area contributed by atoms with Crippen LogP contribution in [0.4, 0.5) is 8.78 Å². The Kier molecular flexibility index (Phi) is 1.60. The van der Waals surface area contributed by atoms with Gasteiger partial charge >= 0.3 is 0 Å². The molecule has 1 unspecified atom stereocenters. The van der Waals surface area contributed by atoms with Crippen molar-refractivity contribution >= 4 is 5.97 Å². The van der Waals surface area contributed by atoms with Crippen LogP contribution in [-0.2, 0) is 0 Å². The van der Waals surface area contributed by atoms with Crippen molar-refractivity contribution in [2.24, 2.45) is 10.9 Å². The van der Waals surface area contributed by atoms with E-state index in [9.17, 15) is 8.78 Å². The molecule has 0 bridgehead atoms. The Balaban J connectivity index is 2.74. The summed E-state index contributed by atoms with van der Waals surface area (Å²) < 4.78 is 24.3. The van der Waals surface area contributed by atoms with Crippen LogP contribution in [0.5, 0.6) is 0 Å². The van der Waals surface area contributed by atoms with Crippen molar-refractivity contribution in [2.45, 2.75) is 13.3 Å². The highest BCUT2D eigenvalue weighted by Crippen LogP contribution is 2.17. The third kappa shape index (κ3) is 1.59. The van der Waals surface area contributed by atoms with Gasteiger partial charge in [0.1, 0.15) is 0 Å². The van der Waals surface area contributed by atoms with Gasteiger partial charge in [-0.25, -0.2) is 0 Å². The van der Waals surface area contributed by atoms with Gasteiger partial charge in [-0.05, 0) is 12.0 Å². The van der Waals surface area contributed by atoms with E-state index in [1.165, 1.54) is 6.08 Å². The van der Waals surface area contributed by atoms with Crippen LogP contribution >= 0.6 is 0 Å².